The van der Waals surface area contributed by atoms with Crippen molar-refractivity contribution in [1.29, 1.82) is 5.26 Å². The lowest BCUT2D eigenvalue weighted by Gasteiger charge is -2.08. The zero-order valence-electron chi connectivity index (χ0n) is 11.4. The smallest absolute Gasteiger partial charge is 0.123 e. The Labute approximate surface area is 122 Å². The van der Waals surface area contributed by atoms with Gasteiger partial charge >= 0.3 is 0 Å². The van der Waals surface area contributed by atoms with E-state index >= 15 is 0 Å². The average Bonchev–Trinajstić information content (AvgIpc) is 2.91. The Morgan fingerprint density at radius 2 is 1.90 bits per heavy atom. The minimum Gasteiger partial charge on any atom is -0.383 e. The molecule has 3 aromatic rings. The Hall–Kier alpha value is -2.80. The molecule has 0 aliphatic carbocycles. The highest BCUT2D eigenvalue weighted by Gasteiger charge is 2.02. The Kier molecular flexibility index (Phi) is 3.57. The maximum atomic E-state index is 12.8. The predicted octanol–water partition coefficient (Wildman–Crippen LogP) is 3.76. The largest absolute Gasteiger partial charge is 0.383 e. The second kappa shape index (κ2) is 5.68. The number of nitriles is 1. The third-order valence-electron chi connectivity index (χ3n) is 3.43. The van der Waals surface area contributed by atoms with Gasteiger partial charge in [0.2, 0.25) is 0 Å². The van der Waals surface area contributed by atoms with Gasteiger partial charge < -0.3 is 9.88 Å². The Bertz CT molecular complexity index is 797. The van der Waals surface area contributed by atoms with Gasteiger partial charge in [0, 0.05) is 30.5 Å². The molecule has 3 nitrogen and oxygen atoms in total. The normalized spacial score (nSPS) is 10.5. The highest BCUT2D eigenvalue weighted by atomic mass is 19.1. The number of aromatic nitrogens is 1. The molecule has 0 aliphatic rings. The Balaban J connectivity index is 1.70. The quantitative estimate of drug-likeness (QED) is 0.790. The van der Waals surface area contributed by atoms with Crippen LogP contribution in [0.1, 0.15) is 5.56 Å². The molecular formula is C17H14FN3. The molecule has 4 heteroatoms. The molecule has 0 saturated carbocycles. The first-order valence-electron chi connectivity index (χ1n) is 6.75. The number of nitrogens with one attached hydrogen (secondary N) is 1. The third kappa shape index (κ3) is 2.87. The number of rotatable bonds is 4. The van der Waals surface area contributed by atoms with E-state index in [0.717, 1.165) is 29.7 Å². The summed E-state index contributed by atoms with van der Waals surface area (Å²) in [5.74, 6) is -0.235. The summed E-state index contributed by atoms with van der Waals surface area (Å²) in [6.07, 6.45) is 2.01. The molecule has 3 rings (SSSR count). The van der Waals surface area contributed by atoms with Crippen molar-refractivity contribution in [2.45, 2.75) is 6.54 Å². The molecule has 0 spiro atoms. The number of fused-ring (bicyclic) bond motifs is 1. The minimum absolute atomic E-state index is 0.235. The summed E-state index contributed by atoms with van der Waals surface area (Å²) < 4.78 is 14.9. The molecule has 0 radical (unpaired) electrons. The summed E-state index contributed by atoms with van der Waals surface area (Å²) in [5.41, 5.74) is 2.61. The van der Waals surface area contributed by atoms with E-state index < -0.39 is 0 Å². The van der Waals surface area contributed by atoms with Crippen LogP contribution in [-0.2, 0) is 6.54 Å². The lowest BCUT2D eigenvalue weighted by molar-refractivity contribution is 0.628. The van der Waals surface area contributed by atoms with Crippen LogP contribution in [-0.4, -0.2) is 11.1 Å². The fourth-order valence-electron chi connectivity index (χ4n) is 2.34. The van der Waals surface area contributed by atoms with Crippen LogP contribution in [0.15, 0.2) is 54.7 Å². The lowest BCUT2D eigenvalue weighted by Crippen LogP contribution is -2.09. The van der Waals surface area contributed by atoms with Gasteiger partial charge in [-0.05, 0) is 47.9 Å². The van der Waals surface area contributed by atoms with Gasteiger partial charge in [-0.2, -0.15) is 5.26 Å². The summed E-state index contributed by atoms with van der Waals surface area (Å²) >= 11 is 0. The van der Waals surface area contributed by atoms with Crippen molar-refractivity contribution in [2.75, 3.05) is 11.9 Å². The van der Waals surface area contributed by atoms with E-state index in [-0.39, 0.29) is 5.82 Å². The number of anilines is 1. The van der Waals surface area contributed by atoms with Gasteiger partial charge in [-0.1, -0.05) is 6.07 Å². The monoisotopic (exact) mass is 279 g/mol. The zero-order valence-corrected chi connectivity index (χ0v) is 11.4. The summed E-state index contributed by atoms with van der Waals surface area (Å²) in [7, 11) is 0. The van der Waals surface area contributed by atoms with Crippen LogP contribution in [0.4, 0.5) is 10.1 Å². The molecule has 2 aromatic carbocycles. The van der Waals surface area contributed by atoms with E-state index in [2.05, 4.69) is 16.0 Å². The molecule has 0 amide bonds. The predicted molar refractivity (Wildman–Crippen MR) is 81.5 cm³/mol. The van der Waals surface area contributed by atoms with Gasteiger partial charge in [-0.3, -0.25) is 0 Å². The molecule has 104 valence electrons. The fraction of sp³-hybridized carbons (Fsp3) is 0.118. The van der Waals surface area contributed by atoms with E-state index in [4.69, 9.17) is 5.26 Å². The number of halogens is 1. The van der Waals surface area contributed by atoms with Crippen molar-refractivity contribution in [3.8, 4) is 6.07 Å². The van der Waals surface area contributed by atoms with Crippen LogP contribution in [0.25, 0.3) is 10.9 Å². The first kappa shape index (κ1) is 13.2. The standard InChI is InChI=1S/C17H14FN3/c18-15-3-5-16(6-4-15)20-8-10-21-9-7-14-2-1-13(12-19)11-17(14)21/h1-7,9,11,20H,8,10H2. The molecule has 0 bridgehead atoms. The molecule has 21 heavy (non-hydrogen) atoms. The molecule has 1 heterocycles. The highest BCUT2D eigenvalue weighted by molar-refractivity contribution is 5.81. The summed E-state index contributed by atoms with van der Waals surface area (Å²) in [6, 6.07) is 16.2. The second-order valence-electron chi connectivity index (χ2n) is 4.83. The van der Waals surface area contributed by atoms with E-state index in [1.54, 1.807) is 12.1 Å². The second-order valence-corrected chi connectivity index (χ2v) is 4.83. The van der Waals surface area contributed by atoms with Crippen LogP contribution >= 0.6 is 0 Å². The number of benzene rings is 2. The molecule has 0 atom stereocenters. The minimum atomic E-state index is -0.235. The van der Waals surface area contributed by atoms with Crippen molar-refractivity contribution in [3.05, 3.63) is 66.1 Å². The zero-order chi connectivity index (χ0) is 14.7. The van der Waals surface area contributed by atoms with Crippen LogP contribution in [0.3, 0.4) is 0 Å². The fourth-order valence-corrected chi connectivity index (χ4v) is 2.34. The number of hydrogen-bond acceptors (Lipinski definition) is 2. The van der Waals surface area contributed by atoms with Gasteiger partial charge in [-0.15, -0.1) is 0 Å². The molecule has 0 saturated heterocycles. The van der Waals surface area contributed by atoms with Crippen LogP contribution in [0.2, 0.25) is 0 Å². The van der Waals surface area contributed by atoms with Gasteiger partial charge in [0.1, 0.15) is 5.82 Å². The molecule has 1 aromatic heterocycles. The van der Waals surface area contributed by atoms with Gasteiger partial charge in [0.15, 0.2) is 0 Å². The van der Waals surface area contributed by atoms with Crippen molar-refractivity contribution < 1.29 is 4.39 Å². The first-order chi connectivity index (χ1) is 10.3. The molecule has 0 aliphatic heterocycles. The van der Waals surface area contributed by atoms with Crippen LogP contribution in [0, 0.1) is 17.1 Å². The van der Waals surface area contributed by atoms with Crippen LogP contribution in [0.5, 0.6) is 0 Å². The lowest BCUT2D eigenvalue weighted by atomic mass is 10.2. The maximum Gasteiger partial charge on any atom is 0.123 e. The van der Waals surface area contributed by atoms with E-state index in [0.29, 0.717) is 5.56 Å². The van der Waals surface area contributed by atoms with E-state index in [9.17, 15) is 4.39 Å². The average molecular weight is 279 g/mol. The number of hydrogen-bond donors (Lipinski definition) is 1. The summed E-state index contributed by atoms with van der Waals surface area (Å²) in [6.45, 7) is 1.50. The van der Waals surface area contributed by atoms with Gasteiger partial charge in [0.25, 0.3) is 0 Å². The molecular weight excluding hydrogens is 265 g/mol. The van der Waals surface area contributed by atoms with Gasteiger partial charge in [0.05, 0.1) is 11.6 Å². The van der Waals surface area contributed by atoms with E-state index in [1.807, 2.05) is 30.5 Å². The van der Waals surface area contributed by atoms with E-state index in [1.165, 1.54) is 12.1 Å². The number of nitrogens with zero attached hydrogens (tertiary/aromatic N) is 2. The first-order valence-corrected chi connectivity index (χ1v) is 6.75. The third-order valence-corrected chi connectivity index (χ3v) is 3.43. The molecule has 0 fully saturated rings. The Morgan fingerprint density at radius 1 is 1.10 bits per heavy atom. The van der Waals surface area contributed by atoms with Crippen molar-refractivity contribution >= 4 is 16.6 Å². The highest BCUT2D eigenvalue weighted by Crippen LogP contribution is 2.17. The summed E-state index contributed by atoms with van der Waals surface area (Å²) in [5, 5.41) is 13.3. The van der Waals surface area contributed by atoms with Gasteiger partial charge in [-0.25, -0.2) is 4.39 Å². The van der Waals surface area contributed by atoms with Crippen LogP contribution < -0.4 is 5.32 Å². The SMILES string of the molecule is N#Cc1ccc2ccn(CCNc3ccc(F)cc3)c2c1. The Morgan fingerprint density at radius 3 is 2.67 bits per heavy atom. The molecule has 1 N–H and O–H groups in total. The molecule has 0 unspecified atom stereocenters. The topological polar surface area (TPSA) is 40.8 Å². The van der Waals surface area contributed by atoms with Crippen molar-refractivity contribution in [3.63, 3.8) is 0 Å². The maximum absolute atomic E-state index is 12.8. The summed E-state index contributed by atoms with van der Waals surface area (Å²) in [4.78, 5) is 0. The van der Waals surface area contributed by atoms with Crippen molar-refractivity contribution in [2.24, 2.45) is 0 Å². The van der Waals surface area contributed by atoms with Crippen molar-refractivity contribution in [1.82, 2.24) is 4.57 Å².